The van der Waals surface area contributed by atoms with Crippen LogP contribution in [-0.4, -0.2) is 19.1 Å². The van der Waals surface area contributed by atoms with E-state index in [-0.39, 0.29) is 14.5 Å². The van der Waals surface area contributed by atoms with Crippen LogP contribution in [0.5, 0.6) is 0 Å². The Hall–Kier alpha value is -5.92. The van der Waals surface area contributed by atoms with Gasteiger partial charge in [-0.25, -0.2) is 0 Å². The Bertz CT molecular complexity index is 2840. The number of benzene rings is 8. The van der Waals surface area contributed by atoms with E-state index in [1.165, 1.54) is 91.3 Å². The second-order valence-electron chi connectivity index (χ2n) is 12.9. The molecule has 8 aromatic carbocycles. The second kappa shape index (κ2) is 11.9. The molecule has 10 aromatic rings. The van der Waals surface area contributed by atoms with Gasteiger partial charge in [0.25, 0.3) is 0 Å². The molecule has 0 aliphatic rings. The molecule has 0 saturated carbocycles. The minimum absolute atomic E-state index is 0.258. The van der Waals surface area contributed by atoms with E-state index < -0.39 is 0 Å². The van der Waals surface area contributed by atoms with Gasteiger partial charge in [-0.05, 0) is 0 Å². The van der Waals surface area contributed by atoms with Crippen molar-refractivity contribution >= 4 is 55.6 Å². The third-order valence-corrected chi connectivity index (χ3v) is 12.6. The molecule has 0 aliphatic heterocycles. The van der Waals surface area contributed by atoms with Crippen molar-refractivity contribution in [2.45, 2.75) is 0 Å². The van der Waals surface area contributed by atoms with Crippen LogP contribution in [0, 0.1) is 0 Å². The molecule has 2 heterocycles. The maximum atomic E-state index is 2.41. The van der Waals surface area contributed by atoms with Gasteiger partial charge >= 0.3 is 274 Å². The van der Waals surface area contributed by atoms with Gasteiger partial charge in [0.15, 0.2) is 0 Å². The second-order valence-corrected chi connectivity index (χ2v) is 15.2. The van der Waals surface area contributed by atoms with E-state index in [0.717, 1.165) is 0 Å². The summed E-state index contributed by atoms with van der Waals surface area (Å²) in [5, 5.41) is 5.30. The van der Waals surface area contributed by atoms with Crippen LogP contribution in [0.4, 0.5) is 0 Å². The molecular formula is C48H31NSe. The molecule has 0 amide bonds. The van der Waals surface area contributed by atoms with Gasteiger partial charge in [-0.2, -0.15) is 0 Å². The summed E-state index contributed by atoms with van der Waals surface area (Å²) in [5.74, 6) is 0. The SMILES string of the molecule is c1ccc(-c2ccc(-c3cc(-c4ccc5c(c4)c4ccccc4n5-c4ccccc4)cc(-c4cccc5c4[se]c4ccccc45)c3)cc2)cc1. The maximum absolute atomic E-state index is 2.41. The Kier molecular flexibility index (Phi) is 6.91. The molecule has 0 radical (unpaired) electrons. The van der Waals surface area contributed by atoms with Gasteiger partial charge in [0.2, 0.25) is 0 Å². The van der Waals surface area contributed by atoms with Crippen molar-refractivity contribution in [3.05, 3.63) is 188 Å². The third kappa shape index (κ3) is 4.84. The zero-order valence-corrected chi connectivity index (χ0v) is 29.0. The van der Waals surface area contributed by atoms with E-state index in [9.17, 15) is 0 Å². The Morgan fingerprint density at radius 3 is 1.68 bits per heavy atom. The summed E-state index contributed by atoms with van der Waals surface area (Å²) in [5.41, 5.74) is 13.6. The number of para-hydroxylation sites is 2. The molecule has 0 saturated heterocycles. The van der Waals surface area contributed by atoms with Crippen molar-refractivity contribution in [1.29, 1.82) is 0 Å². The van der Waals surface area contributed by atoms with Crippen LogP contribution in [0.3, 0.4) is 0 Å². The Balaban J connectivity index is 1.18. The van der Waals surface area contributed by atoms with Crippen LogP contribution >= 0.6 is 0 Å². The molecule has 0 unspecified atom stereocenters. The van der Waals surface area contributed by atoms with Gasteiger partial charge in [-0.1, -0.05) is 24.3 Å². The van der Waals surface area contributed by atoms with Gasteiger partial charge < -0.3 is 0 Å². The Morgan fingerprint density at radius 2 is 0.880 bits per heavy atom. The van der Waals surface area contributed by atoms with Crippen molar-refractivity contribution in [3.63, 3.8) is 0 Å². The Labute approximate surface area is 297 Å². The first-order chi connectivity index (χ1) is 24.8. The average molecular weight is 701 g/mol. The van der Waals surface area contributed by atoms with Crippen molar-refractivity contribution in [1.82, 2.24) is 4.57 Å². The summed E-state index contributed by atoms with van der Waals surface area (Å²) in [7, 11) is 0. The molecule has 0 fully saturated rings. The molecule has 0 spiro atoms. The molecule has 10 rings (SSSR count). The molecule has 0 aliphatic carbocycles. The number of hydrogen-bond donors (Lipinski definition) is 0. The molecule has 2 aromatic heterocycles. The normalized spacial score (nSPS) is 11.6. The third-order valence-electron chi connectivity index (χ3n) is 9.99. The van der Waals surface area contributed by atoms with Crippen molar-refractivity contribution in [2.24, 2.45) is 0 Å². The summed E-state index contributed by atoms with van der Waals surface area (Å²) in [6, 6.07) is 69.1. The monoisotopic (exact) mass is 701 g/mol. The first-order valence-corrected chi connectivity index (χ1v) is 18.8. The summed E-state index contributed by atoms with van der Waals surface area (Å²) < 4.78 is 5.33. The molecule has 2 heteroatoms. The van der Waals surface area contributed by atoms with Crippen LogP contribution < -0.4 is 0 Å². The number of nitrogens with zero attached hydrogens (tertiary/aromatic N) is 1. The Morgan fingerprint density at radius 1 is 0.320 bits per heavy atom. The zero-order valence-electron chi connectivity index (χ0n) is 27.3. The summed E-state index contributed by atoms with van der Waals surface area (Å²) in [6.45, 7) is 0. The fraction of sp³-hybridized carbons (Fsp3) is 0. The van der Waals surface area contributed by atoms with Crippen LogP contribution in [0.25, 0.3) is 91.3 Å². The molecular weight excluding hydrogens is 669 g/mol. The van der Waals surface area contributed by atoms with E-state index in [1.54, 1.807) is 0 Å². The van der Waals surface area contributed by atoms with Gasteiger partial charge in [0, 0.05) is 0 Å². The number of fused-ring (bicyclic) bond motifs is 6. The van der Waals surface area contributed by atoms with Crippen LogP contribution in [0.15, 0.2) is 188 Å². The average Bonchev–Trinajstić information content (AvgIpc) is 3.74. The van der Waals surface area contributed by atoms with E-state index in [4.69, 9.17) is 0 Å². The first kappa shape index (κ1) is 29.0. The summed E-state index contributed by atoms with van der Waals surface area (Å²) >= 11 is 0.258. The van der Waals surface area contributed by atoms with Gasteiger partial charge in [0.1, 0.15) is 0 Å². The van der Waals surface area contributed by atoms with Gasteiger partial charge in [-0.15, -0.1) is 0 Å². The number of rotatable bonds is 5. The molecule has 50 heavy (non-hydrogen) atoms. The van der Waals surface area contributed by atoms with Crippen molar-refractivity contribution in [2.75, 3.05) is 0 Å². The zero-order chi connectivity index (χ0) is 33.0. The van der Waals surface area contributed by atoms with Crippen LogP contribution in [0.1, 0.15) is 0 Å². The predicted octanol–water partition coefficient (Wildman–Crippen LogP) is 12.8. The summed E-state index contributed by atoms with van der Waals surface area (Å²) in [6.07, 6.45) is 0. The fourth-order valence-electron chi connectivity index (χ4n) is 7.58. The van der Waals surface area contributed by atoms with E-state index in [1.807, 2.05) is 0 Å². The van der Waals surface area contributed by atoms with E-state index in [0.29, 0.717) is 0 Å². The van der Waals surface area contributed by atoms with Gasteiger partial charge in [0.05, 0.1) is 0 Å². The van der Waals surface area contributed by atoms with E-state index in [2.05, 4.69) is 193 Å². The first-order valence-electron chi connectivity index (χ1n) is 17.1. The van der Waals surface area contributed by atoms with Crippen LogP contribution in [0.2, 0.25) is 0 Å². The molecule has 234 valence electrons. The molecule has 0 atom stereocenters. The predicted molar refractivity (Wildman–Crippen MR) is 214 cm³/mol. The molecule has 0 bridgehead atoms. The van der Waals surface area contributed by atoms with Crippen molar-refractivity contribution < 1.29 is 0 Å². The quantitative estimate of drug-likeness (QED) is 0.158. The summed E-state index contributed by atoms with van der Waals surface area (Å²) in [4.78, 5) is 0. The molecule has 0 N–H and O–H groups in total. The van der Waals surface area contributed by atoms with E-state index >= 15 is 0 Å². The topological polar surface area (TPSA) is 4.93 Å². The number of aromatic nitrogens is 1. The van der Waals surface area contributed by atoms with Crippen molar-refractivity contribution in [3.8, 4) is 50.2 Å². The minimum atomic E-state index is 0.258. The standard InChI is InChI=1S/C48H31NSe/c1-3-12-32(13-4-1)33-22-24-34(25-23-33)36-28-37(30-38(29-36)40-18-11-19-43-42-17-8-10-21-47(42)50-48(40)43)35-26-27-46-44(31-35)41-16-7-9-20-45(41)49(46)39-14-5-2-6-15-39/h1-31H. The van der Waals surface area contributed by atoms with Gasteiger partial charge in [-0.3, -0.25) is 0 Å². The molecule has 1 nitrogen and oxygen atoms in total. The van der Waals surface area contributed by atoms with Crippen LogP contribution in [-0.2, 0) is 0 Å². The fourth-order valence-corrected chi connectivity index (χ4v) is 10.2. The number of hydrogen-bond acceptors (Lipinski definition) is 0.